The molecule has 0 N–H and O–H groups in total. The Hall–Kier alpha value is -4.14. The molecular formula is C28H21N4P. The first-order valence-corrected chi connectivity index (χ1v) is 11.1. The number of benzene rings is 3. The van der Waals surface area contributed by atoms with E-state index in [-0.39, 0.29) is 0 Å². The zero-order chi connectivity index (χ0) is 22.5. The summed E-state index contributed by atoms with van der Waals surface area (Å²) in [6, 6.07) is 36.9. The molecule has 0 spiro atoms. The van der Waals surface area contributed by atoms with Crippen LogP contribution in [0.15, 0.2) is 126 Å². The maximum Gasteiger partial charge on any atom is 0.0702 e. The lowest BCUT2D eigenvalue weighted by atomic mass is 10.1. The fourth-order valence-electron chi connectivity index (χ4n) is 3.80. The van der Waals surface area contributed by atoms with E-state index in [1.54, 1.807) is 0 Å². The van der Waals surface area contributed by atoms with E-state index in [9.17, 15) is 0 Å². The summed E-state index contributed by atoms with van der Waals surface area (Å²) in [4.78, 5) is 11.3. The maximum absolute atomic E-state index is 4.53. The largest absolute Gasteiger partial charge is 0.310 e. The van der Waals surface area contributed by atoms with Crippen molar-refractivity contribution in [1.82, 2.24) is 9.97 Å². The number of anilines is 3. The molecule has 0 radical (unpaired) electrons. The van der Waals surface area contributed by atoms with Crippen LogP contribution in [0.2, 0.25) is 0 Å². The van der Waals surface area contributed by atoms with Crippen LogP contribution in [-0.2, 0) is 0 Å². The highest BCUT2D eigenvalue weighted by molar-refractivity contribution is 7.04. The van der Waals surface area contributed by atoms with Gasteiger partial charge < -0.3 is 4.90 Å². The Bertz CT molecular complexity index is 1290. The van der Waals surface area contributed by atoms with E-state index in [0.717, 1.165) is 45.3 Å². The van der Waals surface area contributed by atoms with Gasteiger partial charge in [0.2, 0.25) is 0 Å². The van der Waals surface area contributed by atoms with Gasteiger partial charge in [0.05, 0.1) is 17.1 Å². The van der Waals surface area contributed by atoms with E-state index in [2.05, 4.69) is 89.3 Å². The molecule has 0 aliphatic heterocycles. The molecule has 0 unspecified atom stereocenters. The summed E-state index contributed by atoms with van der Waals surface area (Å²) in [7, 11) is 3.23. The fraction of sp³-hybridized carbons (Fsp3) is 0. The zero-order valence-corrected chi connectivity index (χ0v) is 18.8. The van der Waals surface area contributed by atoms with Crippen LogP contribution >= 0.6 is 9.03 Å². The molecule has 0 saturated carbocycles. The molecular weight excluding hydrogens is 423 g/mol. The topological polar surface area (TPSA) is 41.4 Å². The van der Waals surface area contributed by atoms with Gasteiger partial charge in [-0.15, -0.1) is 0 Å². The lowest BCUT2D eigenvalue weighted by Gasteiger charge is -2.26. The normalized spacial score (nSPS) is 10.5. The SMILES string of the molecule is P=Nc1ccc(N(c2cccc(-c3ccccn3)c2)c2cccc(-c3ccccn3)c2)cc1. The summed E-state index contributed by atoms with van der Waals surface area (Å²) in [5.74, 6) is 0. The number of hydrogen-bond acceptors (Lipinski definition) is 4. The second kappa shape index (κ2) is 9.56. The van der Waals surface area contributed by atoms with Crippen LogP contribution in [0.25, 0.3) is 22.5 Å². The average Bonchev–Trinajstić information content (AvgIpc) is 2.91. The van der Waals surface area contributed by atoms with Crippen LogP contribution in [0, 0.1) is 0 Å². The quantitative estimate of drug-likeness (QED) is 0.248. The van der Waals surface area contributed by atoms with Crippen molar-refractivity contribution >= 4 is 31.8 Å². The van der Waals surface area contributed by atoms with Gasteiger partial charge in [0.15, 0.2) is 0 Å². The minimum absolute atomic E-state index is 0.861. The molecule has 33 heavy (non-hydrogen) atoms. The van der Waals surface area contributed by atoms with Crippen molar-refractivity contribution in [1.29, 1.82) is 0 Å². The van der Waals surface area contributed by atoms with Gasteiger partial charge in [-0.25, -0.2) is 4.74 Å². The smallest absolute Gasteiger partial charge is 0.0702 e. The Labute approximate surface area is 195 Å². The predicted molar refractivity (Wildman–Crippen MR) is 138 cm³/mol. The van der Waals surface area contributed by atoms with Crippen LogP contribution in [-0.4, -0.2) is 9.97 Å². The first kappa shape index (κ1) is 20.7. The molecule has 5 heteroatoms. The van der Waals surface area contributed by atoms with Crippen molar-refractivity contribution in [3.05, 3.63) is 122 Å². The zero-order valence-electron chi connectivity index (χ0n) is 17.8. The molecule has 158 valence electrons. The molecule has 2 aromatic heterocycles. The van der Waals surface area contributed by atoms with Crippen LogP contribution in [0.1, 0.15) is 0 Å². The highest BCUT2D eigenvalue weighted by atomic mass is 31.0. The van der Waals surface area contributed by atoms with Crippen molar-refractivity contribution in [3.63, 3.8) is 0 Å². The molecule has 0 saturated heterocycles. The van der Waals surface area contributed by atoms with Crippen molar-refractivity contribution in [2.24, 2.45) is 4.74 Å². The minimum atomic E-state index is 0.861. The van der Waals surface area contributed by atoms with E-state index in [0.29, 0.717) is 0 Å². The van der Waals surface area contributed by atoms with Gasteiger partial charge in [0.25, 0.3) is 0 Å². The molecule has 5 aromatic rings. The summed E-state index contributed by atoms with van der Waals surface area (Å²) in [6.45, 7) is 0. The Morgan fingerprint density at radius 1 is 0.545 bits per heavy atom. The number of hydrogen-bond donors (Lipinski definition) is 0. The van der Waals surface area contributed by atoms with E-state index in [4.69, 9.17) is 0 Å². The van der Waals surface area contributed by atoms with Gasteiger partial charge >= 0.3 is 0 Å². The Balaban J connectivity index is 1.64. The molecule has 0 amide bonds. The summed E-state index contributed by atoms with van der Waals surface area (Å²) < 4.78 is 4.09. The van der Waals surface area contributed by atoms with Gasteiger partial charge in [-0.1, -0.05) is 36.4 Å². The summed E-state index contributed by atoms with van der Waals surface area (Å²) >= 11 is 0. The Morgan fingerprint density at radius 3 is 1.55 bits per heavy atom. The van der Waals surface area contributed by atoms with Crippen molar-refractivity contribution < 1.29 is 0 Å². The van der Waals surface area contributed by atoms with E-state index >= 15 is 0 Å². The lowest BCUT2D eigenvalue weighted by Crippen LogP contribution is -2.10. The third-order valence-electron chi connectivity index (χ3n) is 5.37. The lowest BCUT2D eigenvalue weighted by molar-refractivity contribution is 1.27. The first-order valence-electron chi connectivity index (χ1n) is 10.6. The number of nitrogens with zero attached hydrogens (tertiary/aromatic N) is 4. The predicted octanol–water partition coefficient (Wildman–Crippen LogP) is 8.24. The molecule has 0 aliphatic rings. The molecule has 0 atom stereocenters. The standard InChI is InChI=1S/C28H21N4P/c33-31-23-13-15-24(16-14-23)32(25-9-5-7-21(19-25)27-11-1-3-17-29-27)26-10-6-8-22(20-26)28-12-2-4-18-30-28/h1-20,33H. The van der Waals surface area contributed by atoms with Gasteiger partial charge in [-0.05, 0) is 81.8 Å². The molecule has 4 nitrogen and oxygen atoms in total. The summed E-state index contributed by atoms with van der Waals surface area (Å²) in [5.41, 5.74) is 7.98. The molecule has 0 fully saturated rings. The van der Waals surface area contributed by atoms with E-state index in [1.165, 1.54) is 0 Å². The second-order valence-electron chi connectivity index (χ2n) is 7.49. The highest BCUT2D eigenvalue weighted by Gasteiger charge is 2.15. The van der Waals surface area contributed by atoms with Crippen LogP contribution in [0.5, 0.6) is 0 Å². The van der Waals surface area contributed by atoms with E-state index in [1.807, 2.05) is 60.9 Å². The minimum Gasteiger partial charge on any atom is -0.310 e. The maximum atomic E-state index is 4.53. The van der Waals surface area contributed by atoms with Crippen molar-refractivity contribution in [2.45, 2.75) is 0 Å². The highest BCUT2D eigenvalue weighted by Crippen LogP contribution is 2.38. The van der Waals surface area contributed by atoms with Crippen molar-refractivity contribution in [2.75, 3.05) is 4.90 Å². The Morgan fingerprint density at radius 2 is 1.09 bits per heavy atom. The summed E-state index contributed by atoms with van der Waals surface area (Å²) in [5, 5.41) is 0. The molecule has 0 aliphatic carbocycles. The van der Waals surface area contributed by atoms with Crippen molar-refractivity contribution in [3.8, 4) is 22.5 Å². The molecule has 0 bridgehead atoms. The third kappa shape index (κ3) is 4.57. The van der Waals surface area contributed by atoms with Crippen LogP contribution in [0.3, 0.4) is 0 Å². The van der Waals surface area contributed by atoms with Gasteiger partial charge in [-0.2, -0.15) is 0 Å². The summed E-state index contributed by atoms with van der Waals surface area (Å²) in [6.07, 6.45) is 3.64. The average molecular weight is 444 g/mol. The third-order valence-corrected chi connectivity index (χ3v) is 5.63. The number of pyridine rings is 2. The van der Waals surface area contributed by atoms with Crippen LogP contribution < -0.4 is 4.90 Å². The molecule has 2 heterocycles. The fourth-order valence-corrected chi connectivity index (χ4v) is 3.95. The van der Waals surface area contributed by atoms with E-state index < -0.39 is 0 Å². The van der Waals surface area contributed by atoms with Gasteiger partial charge in [0, 0.05) is 40.6 Å². The monoisotopic (exact) mass is 444 g/mol. The second-order valence-corrected chi connectivity index (χ2v) is 7.72. The molecule has 5 rings (SSSR count). The van der Waals surface area contributed by atoms with Gasteiger partial charge in [0.1, 0.15) is 0 Å². The number of rotatable bonds is 6. The van der Waals surface area contributed by atoms with Gasteiger partial charge in [-0.3, -0.25) is 9.97 Å². The number of aromatic nitrogens is 2. The Kier molecular flexibility index (Phi) is 6.01. The van der Waals surface area contributed by atoms with Crippen LogP contribution in [0.4, 0.5) is 22.7 Å². The first-order chi connectivity index (χ1) is 16.3. The molecule has 3 aromatic carbocycles.